The zero-order valence-corrected chi connectivity index (χ0v) is 24.0. The van der Waals surface area contributed by atoms with E-state index in [0.29, 0.717) is 5.56 Å². The largest absolute Gasteiger partial charge is 0.456 e. The monoisotopic (exact) mass is 580 g/mol. The second-order valence-corrected chi connectivity index (χ2v) is 11.0. The minimum atomic E-state index is -0.531. The highest BCUT2D eigenvalue weighted by Gasteiger charge is 2.22. The fourth-order valence-electron chi connectivity index (χ4n) is 6.65. The number of para-hydroxylation sites is 1. The Bertz CT molecular complexity index is 2900. The lowest BCUT2D eigenvalue weighted by Gasteiger charge is -2.21. The lowest BCUT2D eigenvalue weighted by molar-refractivity contribution is 0.669. The Morgan fingerprint density at radius 2 is 0.933 bits per heavy atom. The van der Waals surface area contributed by atoms with E-state index in [4.69, 9.17) is 14.0 Å². The molecule has 0 amide bonds. The summed E-state index contributed by atoms with van der Waals surface area (Å²) in [5.74, 6) is 0. The predicted octanol–water partition coefficient (Wildman–Crippen LogP) is 12.6. The third kappa shape index (κ3) is 4.09. The van der Waals surface area contributed by atoms with Crippen molar-refractivity contribution in [3.8, 4) is 44.5 Å². The maximum atomic E-state index is 9.35. The number of rotatable bonds is 4. The number of hydrogen-bond acceptors (Lipinski definition) is 1. The lowest BCUT2D eigenvalue weighted by Crippen LogP contribution is -1.94. The van der Waals surface area contributed by atoms with Crippen LogP contribution in [0.2, 0.25) is 0 Å². The molecule has 8 aromatic carbocycles. The Morgan fingerprint density at radius 1 is 0.356 bits per heavy atom. The van der Waals surface area contributed by atoms with Gasteiger partial charge in [-0.2, -0.15) is 0 Å². The van der Waals surface area contributed by atoms with E-state index in [1.165, 1.54) is 6.07 Å². The Labute approximate surface area is 272 Å². The molecule has 1 nitrogen and oxygen atoms in total. The summed E-state index contributed by atoms with van der Waals surface area (Å²) in [5.41, 5.74) is 6.26. The molecule has 210 valence electrons. The molecule has 0 radical (unpaired) electrons. The van der Waals surface area contributed by atoms with Crippen LogP contribution in [0.5, 0.6) is 0 Å². The minimum absolute atomic E-state index is 0.117. The molecule has 0 unspecified atom stereocenters. The van der Waals surface area contributed by atoms with E-state index >= 15 is 0 Å². The van der Waals surface area contributed by atoms with Gasteiger partial charge in [-0.25, -0.2) is 0 Å². The summed E-state index contributed by atoms with van der Waals surface area (Å²) in [6, 6.07) is 36.1. The van der Waals surface area contributed by atoms with Gasteiger partial charge < -0.3 is 4.42 Å². The van der Waals surface area contributed by atoms with Crippen molar-refractivity contribution in [3.63, 3.8) is 0 Å². The van der Waals surface area contributed by atoms with Gasteiger partial charge in [0.05, 0.1) is 11.0 Å². The molecule has 0 bridgehead atoms. The van der Waals surface area contributed by atoms with Gasteiger partial charge in [0.25, 0.3) is 0 Å². The molecule has 0 saturated heterocycles. The third-order valence-electron chi connectivity index (χ3n) is 8.57. The topological polar surface area (TPSA) is 13.1 Å². The van der Waals surface area contributed by atoms with Crippen LogP contribution in [-0.4, -0.2) is 0 Å². The number of hydrogen-bond donors (Lipinski definition) is 0. The van der Waals surface area contributed by atoms with Crippen LogP contribution >= 0.6 is 0 Å². The van der Waals surface area contributed by atoms with Crippen molar-refractivity contribution in [1.29, 1.82) is 0 Å². The molecule has 0 aliphatic rings. The number of benzene rings is 8. The first kappa shape index (κ1) is 18.7. The molecule has 9 rings (SSSR count). The van der Waals surface area contributed by atoms with Crippen LogP contribution in [0.25, 0.3) is 88.0 Å². The van der Waals surface area contributed by atoms with Gasteiger partial charge in [-0.1, -0.05) is 151 Å². The summed E-state index contributed by atoms with van der Waals surface area (Å²) >= 11 is 0. The summed E-state index contributed by atoms with van der Waals surface area (Å²) in [6.07, 6.45) is 0. The summed E-state index contributed by atoms with van der Waals surface area (Å²) < 4.78 is 75.9. The fourth-order valence-corrected chi connectivity index (χ4v) is 6.65. The third-order valence-corrected chi connectivity index (χ3v) is 8.57. The second-order valence-electron chi connectivity index (χ2n) is 11.0. The van der Waals surface area contributed by atoms with Crippen molar-refractivity contribution in [2.24, 2.45) is 0 Å². The summed E-state index contributed by atoms with van der Waals surface area (Å²) in [7, 11) is 0. The molecule has 0 aliphatic heterocycles. The summed E-state index contributed by atoms with van der Waals surface area (Å²) in [6.45, 7) is 0. The summed E-state index contributed by atoms with van der Waals surface area (Å²) in [4.78, 5) is 0. The molecular formula is C44H28O. The Balaban J connectivity index is 1.47. The van der Waals surface area contributed by atoms with Crippen molar-refractivity contribution in [2.45, 2.75) is 0 Å². The van der Waals surface area contributed by atoms with Crippen molar-refractivity contribution in [3.05, 3.63) is 170 Å². The maximum absolute atomic E-state index is 9.35. The van der Waals surface area contributed by atoms with Gasteiger partial charge in [0.1, 0.15) is 11.2 Å². The van der Waals surface area contributed by atoms with E-state index in [0.717, 1.165) is 65.7 Å². The van der Waals surface area contributed by atoms with Crippen LogP contribution in [0.1, 0.15) is 11.0 Å². The predicted molar refractivity (Wildman–Crippen MR) is 190 cm³/mol. The van der Waals surface area contributed by atoms with E-state index in [1.807, 2.05) is 84.9 Å². The average molecular weight is 581 g/mol. The van der Waals surface area contributed by atoms with E-state index in [2.05, 4.69) is 30.3 Å². The van der Waals surface area contributed by atoms with Crippen molar-refractivity contribution >= 4 is 43.5 Å². The first-order valence-electron chi connectivity index (χ1n) is 18.8. The van der Waals surface area contributed by atoms with Crippen LogP contribution in [0.4, 0.5) is 0 Å². The molecule has 1 aromatic heterocycles. The van der Waals surface area contributed by atoms with Crippen molar-refractivity contribution in [1.82, 2.24) is 0 Å². The molecule has 9 aromatic rings. The number of furan rings is 1. The summed E-state index contributed by atoms with van der Waals surface area (Å²) in [5, 5.41) is 5.17. The Kier molecular flexibility index (Phi) is 4.30. The average Bonchev–Trinajstić information content (AvgIpc) is 3.55. The molecule has 0 atom stereocenters. The van der Waals surface area contributed by atoms with Gasteiger partial charge in [0.2, 0.25) is 0 Å². The van der Waals surface area contributed by atoms with E-state index in [1.54, 1.807) is 0 Å². The first-order valence-corrected chi connectivity index (χ1v) is 14.8. The molecule has 0 aliphatic carbocycles. The Hall–Kier alpha value is -5.92. The highest BCUT2D eigenvalue weighted by atomic mass is 16.3. The first-order chi connectivity index (χ1) is 25.7. The number of fused-ring (bicyclic) bond motifs is 5. The smallest absolute Gasteiger partial charge is 0.136 e. The molecule has 0 N–H and O–H groups in total. The van der Waals surface area contributed by atoms with E-state index in [-0.39, 0.29) is 34.8 Å². The molecule has 0 spiro atoms. The quantitative estimate of drug-likeness (QED) is 0.189. The molecule has 1 heterocycles. The molecule has 45 heavy (non-hydrogen) atoms. The minimum Gasteiger partial charge on any atom is -0.456 e. The standard InChI is InChI=1S/C44H28O/c1-3-15-29(16-4-1)31-19-7-8-21-33(31)43-34-22-9-11-24-36(34)44(37-25-12-10-23-35(37)43)40-27-39-32-20-13-14-26-41(32)45-42(39)28-38(40)30-17-5-2-6-18-30/h1-28H/i1D,3D,4D,7D,8D,15D,16D,21D. The van der Waals surface area contributed by atoms with Gasteiger partial charge in [-0.05, 0) is 84.3 Å². The van der Waals surface area contributed by atoms with E-state index in [9.17, 15) is 1.37 Å². The van der Waals surface area contributed by atoms with Crippen LogP contribution in [0.3, 0.4) is 0 Å². The van der Waals surface area contributed by atoms with Gasteiger partial charge in [-0.3, -0.25) is 0 Å². The maximum Gasteiger partial charge on any atom is 0.136 e. The molecular weight excluding hydrogens is 544 g/mol. The highest BCUT2D eigenvalue weighted by Crippen LogP contribution is 2.49. The van der Waals surface area contributed by atoms with Gasteiger partial charge >= 0.3 is 0 Å². The molecule has 0 saturated carbocycles. The van der Waals surface area contributed by atoms with Crippen LogP contribution in [0.15, 0.2) is 174 Å². The molecule has 0 fully saturated rings. The normalized spacial score (nSPS) is 14.0. The van der Waals surface area contributed by atoms with Gasteiger partial charge in [0.15, 0.2) is 0 Å². The van der Waals surface area contributed by atoms with Gasteiger partial charge in [-0.15, -0.1) is 0 Å². The fraction of sp³-hybridized carbons (Fsp3) is 0. The SMILES string of the molecule is [2H]c1cc(-c2c([2H])c([2H])c([2H])c([2H])c2[2H])c(-c2c3ccccc3c(-c3cc4c(cc3-c3ccccc3)oc3ccccc34)c3ccccc23)c([2H])c1[2H]. The van der Waals surface area contributed by atoms with Crippen molar-refractivity contribution in [2.75, 3.05) is 0 Å². The zero-order valence-electron chi connectivity index (χ0n) is 32.0. The lowest BCUT2D eigenvalue weighted by atomic mass is 9.82. The van der Waals surface area contributed by atoms with Crippen LogP contribution in [0, 0.1) is 0 Å². The van der Waals surface area contributed by atoms with Crippen molar-refractivity contribution < 1.29 is 15.4 Å². The van der Waals surface area contributed by atoms with Crippen LogP contribution < -0.4 is 0 Å². The van der Waals surface area contributed by atoms with Crippen LogP contribution in [-0.2, 0) is 0 Å². The van der Waals surface area contributed by atoms with Gasteiger partial charge in [0, 0.05) is 10.8 Å². The van der Waals surface area contributed by atoms with E-state index < -0.39 is 30.2 Å². The molecule has 1 heteroatoms. The zero-order chi connectivity index (χ0) is 36.7. The second kappa shape index (κ2) is 10.4. The highest BCUT2D eigenvalue weighted by molar-refractivity contribution is 6.24. The Morgan fingerprint density at radius 3 is 1.62 bits per heavy atom.